The number of nitrogens with zero attached hydrogens (tertiary/aromatic N) is 2. The number of rotatable bonds is 6. The van der Waals surface area contributed by atoms with Crippen molar-refractivity contribution in [3.8, 4) is 11.8 Å². The van der Waals surface area contributed by atoms with Gasteiger partial charge in [0.05, 0.1) is 18.7 Å². The number of amides is 2. The van der Waals surface area contributed by atoms with Crippen molar-refractivity contribution in [1.29, 1.82) is 5.26 Å². The van der Waals surface area contributed by atoms with E-state index < -0.39 is 0 Å². The minimum Gasteiger partial charge on any atom is -0.496 e. The summed E-state index contributed by atoms with van der Waals surface area (Å²) >= 11 is 0. The van der Waals surface area contributed by atoms with Gasteiger partial charge in [-0.1, -0.05) is 30.3 Å². The van der Waals surface area contributed by atoms with Crippen molar-refractivity contribution < 1.29 is 9.53 Å². The average Bonchev–Trinajstić information content (AvgIpc) is 2.66. The molecule has 0 saturated carbocycles. The molecular formula is C20H23N3O2. The predicted molar refractivity (Wildman–Crippen MR) is 97.3 cm³/mol. The molecule has 0 saturated heterocycles. The summed E-state index contributed by atoms with van der Waals surface area (Å²) in [6.45, 7) is 2.39. The summed E-state index contributed by atoms with van der Waals surface area (Å²) < 4.78 is 5.37. The van der Waals surface area contributed by atoms with Crippen LogP contribution in [0.25, 0.3) is 0 Å². The van der Waals surface area contributed by atoms with E-state index in [4.69, 9.17) is 10.00 Å². The van der Waals surface area contributed by atoms with Gasteiger partial charge in [-0.25, -0.2) is 4.79 Å². The molecule has 0 spiro atoms. The van der Waals surface area contributed by atoms with Crippen molar-refractivity contribution in [1.82, 2.24) is 10.2 Å². The molecule has 2 amide bonds. The van der Waals surface area contributed by atoms with E-state index in [0.29, 0.717) is 18.5 Å². The Morgan fingerprint density at radius 1 is 1.28 bits per heavy atom. The number of carbonyl (C=O) groups excluding carboxylic acids is 1. The Hall–Kier alpha value is -3.00. The lowest BCUT2D eigenvalue weighted by atomic mass is 10.1. The second-order valence-corrected chi connectivity index (χ2v) is 5.95. The van der Waals surface area contributed by atoms with Crippen LogP contribution in [0.15, 0.2) is 48.5 Å². The highest BCUT2D eigenvalue weighted by Gasteiger charge is 2.17. The molecule has 0 aromatic heterocycles. The number of urea groups is 1. The van der Waals surface area contributed by atoms with Crippen molar-refractivity contribution in [2.75, 3.05) is 14.2 Å². The number of likely N-dealkylation sites (N-methyl/N-ethyl adjacent to an activating group) is 1. The predicted octanol–water partition coefficient (Wildman–Crippen LogP) is 3.34. The van der Waals surface area contributed by atoms with Crippen LogP contribution >= 0.6 is 0 Å². The zero-order valence-corrected chi connectivity index (χ0v) is 14.8. The molecule has 0 aliphatic carbocycles. The van der Waals surface area contributed by atoms with E-state index in [1.807, 2.05) is 43.3 Å². The fourth-order valence-electron chi connectivity index (χ4n) is 2.58. The minimum absolute atomic E-state index is 0.0155. The van der Waals surface area contributed by atoms with E-state index in [9.17, 15) is 4.79 Å². The fourth-order valence-corrected chi connectivity index (χ4v) is 2.58. The topological polar surface area (TPSA) is 65.4 Å². The maximum atomic E-state index is 12.4. The van der Waals surface area contributed by atoms with Gasteiger partial charge < -0.3 is 15.0 Å². The highest BCUT2D eigenvalue weighted by atomic mass is 16.5. The maximum Gasteiger partial charge on any atom is 0.317 e. The smallest absolute Gasteiger partial charge is 0.317 e. The number of benzene rings is 2. The van der Waals surface area contributed by atoms with E-state index in [0.717, 1.165) is 16.9 Å². The lowest BCUT2D eigenvalue weighted by Gasteiger charge is -2.26. The monoisotopic (exact) mass is 337 g/mol. The Morgan fingerprint density at radius 2 is 2.04 bits per heavy atom. The number of carbonyl (C=O) groups is 1. The number of nitriles is 1. The minimum atomic E-state index is -0.148. The Labute approximate surface area is 148 Å². The third-order valence-electron chi connectivity index (χ3n) is 4.19. The van der Waals surface area contributed by atoms with Crippen LogP contribution in [-0.2, 0) is 13.0 Å². The first-order chi connectivity index (χ1) is 12.0. The number of ether oxygens (including phenoxy) is 1. The average molecular weight is 337 g/mol. The first kappa shape index (κ1) is 18.3. The molecule has 25 heavy (non-hydrogen) atoms. The third kappa shape index (κ3) is 4.98. The zero-order chi connectivity index (χ0) is 18.2. The van der Waals surface area contributed by atoms with E-state index in [2.05, 4.69) is 11.4 Å². The summed E-state index contributed by atoms with van der Waals surface area (Å²) in [6.07, 6.45) is 0.706. The number of nitrogens with one attached hydrogen (secondary N) is 1. The van der Waals surface area contributed by atoms with Gasteiger partial charge in [-0.05, 0) is 42.7 Å². The Kier molecular flexibility index (Phi) is 6.41. The second-order valence-electron chi connectivity index (χ2n) is 5.95. The van der Waals surface area contributed by atoms with E-state index in [1.165, 1.54) is 0 Å². The van der Waals surface area contributed by atoms with Gasteiger partial charge in [0.2, 0.25) is 0 Å². The molecule has 0 fully saturated rings. The molecule has 1 N–H and O–H groups in total. The van der Waals surface area contributed by atoms with Gasteiger partial charge in [-0.2, -0.15) is 5.26 Å². The van der Waals surface area contributed by atoms with E-state index >= 15 is 0 Å². The number of hydrogen-bond donors (Lipinski definition) is 1. The van der Waals surface area contributed by atoms with E-state index in [-0.39, 0.29) is 12.1 Å². The highest BCUT2D eigenvalue weighted by molar-refractivity contribution is 5.74. The zero-order valence-electron chi connectivity index (χ0n) is 14.8. The summed E-state index contributed by atoms with van der Waals surface area (Å²) in [5.41, 5.74) is 2.56. The van der Waals surface area contributed by atoms with Gasteiger partial charge in [0, 0.05) is 19.6 Å². The van der Waals surface area contributed by atoms with Crippen LogP contribution in [0.4, 0.5) is 4.79 Å². The number of methoxy groups -OCH3 is 1. The van der Waals surface area contributed by atoms with Crippen molar-refractivity contribution in [2.45, 2.75) is 25.9 Å². The lowest BCUT2D eigenvalue weighted by molar-refractivity contribution is 0.193. The van der Waals surface area contributed by atoms with Crippen LogP contribution in [-0.4, -0.2) is 31.1 Å². The molecular weight excluding hydrogens is 314 g/mol. The van der Waals surface area contributed by atoms with Gasteiger partial charge in [0.1, 0.15) is 5.75 Å². The van der Waals surface area contributed by atoms with Crippen LogP contribution in [0.5, 0.6) is 5.75 Å². The highest BCUT2D eigenvalue weighted by Crippen LogP contribution is 2.20. The Balaban J connectivity index is 1.93. The molecule has 2 aromatic rings. The maximum absolute atomic E-state index is 12.4. The molecule has 2 rings (SSSR count). The molecule has 0 bridgehead atoms. The summed E-state index contributed by atoms with van der Waals surface area (Å²) in [5.74, 6) is 0.830. The van der Waals surface area contributed by atoms with Crippen molar-refractivity contribution in [3.63, 3.8) is 0 Å². The SMILES string of the molecule is COc1ccccc1C[C@@H](C)N(C)C(=O)NCc1cccc(C#N)c1. The van der Waals surface area contributed by atoms with Crippen molar-refractivity contribution in [3.05, 3.63) is 65.2 Å². The van der Waals surface area contributed by atoms with Gasteiger partial charge in [0.15, 0.2) is 0 Å². The van der Waals surface area contributed by atoms with Gasteiger partial charge in [-0.3, -0.25) is 0 Å². The quantitative estimate of drug-likeness (QED) is 0.879. The molecule has 130 valence electrons. The Morgan fingerprint density at radius 3 is 2.76 bits per heavy atom. The number of hydrogen-bond acceptors (Lipinski definition) is 3. The van der Waals surface area contributed by atoms with Crippen LogP contribution in [0.2, 0.25) is 0 Å². The summed E-state index contributed by atoms with van der Waals surface area (Å²) in [6, 6.07) is 17.0. The summed E-state index contributed by atoms with van der Waals surface area (Å²) in [7, 11) is 3.43. The molecule has 0 aliphatic heterocycles. The molecule has 5 heteroatoms. The second kappa shape index (κ2) is 8.74. The standard InChI is InChI=1S/C20H23N3O2/c1-15(11-18-9-4-5-10-19(18)25-3)23(2)20(24)22-14-17-8-6-7-16(12-17)13-21/h4-10,12,15H,11,14H2,1-3H3,(H,22,24)/t15-/m1/s1. The molecule has 0 aliphatic rings. The van der Waals surface area contributed by atoms with Crippen molar-refractivity contribution in [2.24, 2.45) is 0 Å². The third-order valence-corrected chi connectivity index (χ3v) is 4.19. The van der Waals surface area contributed by atoms with Gasteiger partial charge >= 0.3 is 6.03 Å². The fraction of sp³-hybridized carbons (Fsp3) is 0.300. The number of para-hydroxylation sites is 1. The van der Waals surface area contributed by atoms with Gasteiger partial charge in [0.25, 0.3) is 0 Å². The van der Waals surface area contributed by atoms with Crippen LogP contribution < -0.4 is 10.1 Å². The molecule has 0 unspecified atom stereocenters. The largest absolute Gasteiger partial charge is 0.496 e. The van der Waals surface area contributed by atoms with Crippen LogP contribution in [0.1, 0.15) is 23.6 Å². The van der Waals surface area contributed by atoms with E-state index in [1.54, 1.807) is 31.2 Å². The van der Waals surface area contributed by atoms with Gasteiger partial charge in [-0.15, -0.1) is 0 Å². The first-order valence-corrected chi connectivity index (χ1v) is 8.16. The molecule has 1 atom stereocenters. The van der Waals surface area contributed by atoms with Crippen LogP contribution in [0.3, 0.4) is 0 Å². The first-order valence-electron chi connectivity index (χ1n) is 8.16. The summed E-state index contributed by atoms with van der Waals surface area (Å²) in [4.78, 5) is 14.1. The lowest BCUT2D eigenvalue weighted by Crippen LogP contribution is -2.43. The molecule has 5 nitrogen and oxygen atoms in total. The molecule has 2 aromatic carbocycles. The summed E-state index contributed by atoms with van der Waals surface area (Å²) in [5, 5.41) is 11.8. The van der Waals surface area contributed by atoms with Crippen LogP contribution in [0, 0.1) is 11.3 Å². The Bertz CT molecular complexity index is 768. The normalized spacial score (nSPS) is 11.3. The molecule has 0 heterocycles. The molecule has 0 radical (unpaired) electrons. The van der Waals surface area contributed by atoms with Crippen molar-refractivity contribution >= 4 is 6.03 Å².